The second kappa shape index (κ2) is 9.30. The van der Waals surface area contributed by atoms with Crippen LogP contribution in [0.1, 0.15) is 26.3 Å². The SMILES string of the molecule is C=C/C=C(\C)C(=O)Nc1ccc(CC(=O)O/C(C)=C/C(=C)C)cc1. The zero-order chi connectivity index (χ0) is 18.1. The number of ether oxygens (including phenoxy) is 1. The fraction of sp³-hybridized carbons (Fsp3) is 0.200. The molecule has 0 saturated heterocycles. The van der Waals surface area contributed by atoms with Crippen molar-refractivity contribution in [1.82, 2.24) is 0 Å². The summed E-state index contributed by atoms with van der Waals surface area (Å²) < 4.78 is 5.19. The van der Waals surface area contributed by atoms with Crippen molar-refractivity contribution in [3.8, 4) is 0 Å². The Kier molecular flexibility index (Phi) is 7.43. The van der Waals surface area contributed by atoms with Gasteiger partial charge in [-0.1, -0.05) is 43.0 Å². The van der Waals surface area contributed by atoms with Gasteiger partial charge in [-0.25, -0.2) is 0 Å². The van der Waals surface area contributed by atoms with Crippen LogP contribution in [0.4, 0.5) is 5.69 Å². The van der Waals surface area contributed by atoms with Gasteiger partial charge >= 0.3 is 5.97 Å². The topological polar surface area (TPSA) is 55.4 Å². The van der Waals surface area contributed by atoms with E-state index in [-0.39, 0.29) is 18.3 Å². The van der Waals surface area contributed by atoms with E-state index in [0.717, 1.165) is 11.1 Å². The van der Waals surface area contributed by atoms with Gasteiger partial charge in [0.25, 0.3) is 5.91 Å². The summed E-state index contributed by atoms with van der Waals surface area (Å²) in [7, 11) is 0. The van der Waals surface area contributed by atoms with Gasteiger partial charge in [0.2, 0.25) is 0 Å². The Hall–Kier alpha value is -2.88. The molecule has 126 valence electrons. The Balaban J connectivity index is 2.63. The van der Waals surface area contributed by atoms with Crippen LogP contribution in [0.15, 0.2) is 72.6 Å². The second-order valence-corrected chi connectivity index (χ2v) is 5.49. The summed E-state index contributed by atoms with van der Waals surface area (Å²) in [6.07, 6.45) is 5.06. The third-order valence-electron chi connectivity index (χ3n) is 3.01. The minimum absolute atomic E-state index is 0.158. The summed E-state index contributed by atoms with van der Waals surface area (Å²) in [6.45, 7) is 12.5. The van der Waals surface area contributed by atoms with E-state index in [1.165, 1.54) is 0 Å². The Morgan fingerprint density at radius 1 is 1.17 bits per heavy atom. The number of esters is 1. The van der Waals surface area contributed by atoms with E-state index in [0.29, 0.717) is 17.0 Å². The Bertz CT molecular complexity index is 694. The number of carbonyl (C=O) groups is 2. The van der Waals surface area contributed by atoms with Crippen LogP contribution < -0.4 is 5.32 Å². The first-order valence-electron chi connectivity index (χ1n) is 7.56. The van der Waals surface area contributed by atoms with Crippen molar-refractivity contribution in [3.05, 3.63) is 78.1 Å². The van der Waals surface area contributed by atoms with Crippen molar-refractivity contribution < 1.29 is 14.3 Å². The molecule has 0 aliphatic heterocycles. The van der Waals surface area contributed by atoms with E-state index in [4.69, 9.17) is 4.74 Å². The van der Waals surface area contributed by atoms with Gasteiger partial charge in [0.05, 0.1) is 6.42 Å². The number of rotatable bonds is 7. The number of nitrogens with one attached hydrogen (secondary N) is 1. The maximum atomic E-state index is 11.9. The lowest BCUT2D eigenvalue weighted by molar-refractivity contribution is -0.138. The quantitative estimate of drug-likeness (QED) is 0.351. The maximum absolute atomic E-state index is 11.9. The van der Waals surface area contributed by atoms with Crippen LogP contribution in [0.25, 0.3) is 0 Å². The number of carbonyl (C=O) groups excluding carboxylic acids is 2. The van der Waals surface area contributed by atoms with Gasteiger partial charge in [0, 0.05) is 11.3 Å². The summed E-state index contributed by atoms with van der Waals surface area (Å²) in [4.78, 5) is 23.7. The normalized spacial score (nSPS) is 11.6. The first kappa shape index (κ1) is 19.2. The van der Waals surface area contributed by atoms with Gasteiger partial charge in [-0.05, 0) is 44.5 Å². The molecule has 0 fully saturated rings. The molecule has 0 aliphatic carbocycles. The number of allylic oxidation sites excluding steroid dienone is 5. The summed E-state index contributed by atoms with van der Waals surface area (Å²) in [6, 6.07) is 7.05. The van der Waals surface area contributed by atoms with E-state index in [2.05, 4.69) is 18.5 Å². The van der Waals surface area contributed by atoms with Crippen LogP contribution in [0.2, 0.25) is 0 Å². The summed E-state index contributed by atoms with van der Waals surface area (Å²) in [5.74, 6) is -0.0185. The van der Waals surface area contributed by atoms with Crippen LogP contribution in [0.3, 0.4) is 0 Å². The predicted molar refractivity (Wildman–Crippen MR) is 97.4 cm³/mol. The van der Waals surface area contributed by atoms with Crippen molar-refractivity contribution in [2.24, 2.45) is 0 Å². The molecule has 0 bridgehead atoms. The van der Waals surface area contributed by atoms with Crippen molar-refractivity contribution in [2.75, 3.05) is 5.32 Å². The number of hydrogen-bond acceptors (Lipinski definition) is 3. The smallest absolute Gasteiger partial charge is 0.315 e. The molecule has 0 atom stereocenters. The highest BCUT2D eigenvalue weighted by molar-refractivity contribution is 6.03. The molecule has 1 aromatic carbocycles. The van der Waals surface area contributed by atoms with Gasteiger partial charge in [-0.2, -0.15) is 0 Å². The van der Waals surface area contributed by atoms with Crippen LogP contribution in [0.5, 0.6) is 0 Å². The number of benzene rings is 1. The molecule has 4 heteroatoms. The lowest BCUT2D eigenvalue weighted by atomic mass is 10.1. The van der Waals surface area contributed by atoms with Gasteiger partial charge in [-0.15, -0.1) is 0 Å². The van der Waals surface area contributed by atoms with Crippen LogP contribution >= 0.6 is 0 Å². The van der Waals surface area contributed by atoms with Crippen molar-refractivity contribution in [1.29, 1.82) is 0 Å². The molecule has 1 amide bonds. The largest absolute Gasteiger partial charge is 0.431 e. The fourth-order valence-corrected chi connectivity index (χ4v) is 1.95. The molecule has 0 aliphatic rings. The molecule has 0 radical (unpaired) electrons. The zero-order valence-electron chi connectivity index (χ0n) is 14.4. The molecular formula is C20H23NO3. The molecule has 0 heterocycles. The van der Waals surface area contributed by atoms with Crippen molar-refractivity contribution in [3.63, 3.8) is 0 Å². The molecule has 0 spiro atoms. The minimum atomic E-state index is -0.341. The van der Waals surface area contributed by atoms with E-state index in [1.54, 1.807) is 56.3 Å². The Labute approximate surface area is 143 Å². The lowest BCUT2D eigenvalue weighted by Crippen LogP contribution is -2.12. The lowest BCUT2D eigenvalue weighted by Gasteiger charge is -2.07. The molecule has 4 nitrogen and oxygen atoms in total. The highest BCUT2D eigenvalue weighted by Crippen LogP contribution is 2.12. The molecule has 0 saturated carbocycles. The van der Waals surface area contributed by atoms with Crippen LogP contribution in [-0.2, 0) is 20.7 Å². The molecule has 1 aromatic rings. The fourth-order valence-electron chi connectivity index (χ4n) is 1.95. The standard InChI is InChI=1S/C20H23NO3/c1-6-7-15(4)20(23)21-18-10-8-17(9-11-18)13-19(22)24-16(5)12-14(2)3/h6-12H,1-2,13H2,3-5H3,(H,21,23)/b15-7+,16-12+. The molecule has 0 aromatic heterocycles. The highest BCUT2D eigenvalue weighted by Gasteiger charge is 2.07. The summed E-state index contributed by atoms with van der Waals surface area (Å²) in [5, 5.41) is 2.77. The van der Waals surface area contributed by atoms with Crippen LogP contribution in [-0.4, -0.2) is 11.9 Å². The number of anilines is 1. The van der Waals surface area contributed by atoms with Gasteiger partial charge < -0.3 is 10.1 Å². The predicted octanol–water partition coefficient (Wildman–Crippen LogP) is 4.32. The third kappa shape index (κ3) is 6.92. The van der Waals surface area contributed by atoms with Gasteiger partial charge in [0.1, 0.15) is 5.76 Å². The Morgan fingerprint density at radius 2 is 1.79 bits per heavy atom. The summed E-state index contributed by atoms with van der Waals surface area (Å²) >= 11 is 0. The zero-order valence-corrected chi connectivity index (χ0v) is 14.4. The Morgan fingerprint density at radius 3 is 2.33 bits per heavy atom. The van der Waals surface area contributed by atoms with Crippen molar-refractivity contribution >= 4 is 17.6 Å². The number of hydrogen-bond donors (Lipinski definition) is 1. The van der Waals surface area contributed by atoms with E-state index in [1.807, 2.05) is 6.92 Å². The average molecular weight is 325 g/mol. The van der Waals surface area contributed by atoms with E-state index < -0.39 is 0 Å². The molecule has 1 N–H and O–H groups in total. The highest BCUT2D eigenvalue weighted by atomic mass is 16.5. The third-order valence-corrected chi connectivity index (χ3v) is 3.01. The molecule has 24 heavy (non-hydrogen) atoms. The number of amides is 1. The van der Waals surface area contributed by atoms with E-state index in [9.17, 15) is 9.59 Å². The second-order valence-electron chi connectivity index (χ2n) is 5.49. The maximum Gasteiger partial charge on any atom is 0.315 e. The van der Waals surface area contributed by atoms with Crippen LogP contribution in [0, 0.1) is 0 Å². The molecule has 0 unspecified atom stereocenters. The first-order valence-corrected chi connectivity index (χ1v) is 7.56. The minimum Gasteiger partial charge on any atom is -0.431 e. The van der Waals surface area contributed by atoms with E-state index >= 15 is 0 Å². The average Bonchev–Trinajstić information content (AvgIpc) is 2.48. The van der Waals surface area contributed by atoms with Gasteiger partial charge in [-0.3, -0.25) is 9.59 Å². The molecular weight excluding hydrogens is 302 g/mol. The monoisotopic (exact) mass is 325 g/mol. The van der Waals surface area contributed by atoms with Gasteiger partial charge in [0.15, 0.2) is 0 Å². The molecule has 1 rings (SSSR count). The van der Waals surface area contributed by atoms with Crippen molar-refractivity contribution in [2.45, 2.75) is 27.2 Å². The first-order chi connectivity index (χ1) is 11.3. The summed E-state index contributed by atoms with van der Waals surface area (Å²) in [5.41, 5.74) is 2.85.